The van der Waals surface area contributed by atoms with Crippen LogP contribution in [0.15, 0.2) is 72.8 Å². The van der Waals surface area contributed by atoms with Gasteiger partial charge in [0.25, 0.3) is 11.8 Å². The number of fused-ring (bicyclic) bond motifs is 6. The van der Waals surface area contributed by atoms with Crippen LogP contribution in [0.25, 0.3) is 0 Å². The molecule has 3 aromatic carbocycles. The molecule has 1 aliphatic heterocycles. The largest absolute Gasteiger partial charge is 0.445 e. The maximum absolute atomic E-state index is 14.9. The predicted octanol–water partition coefficient (Wildman–Crippen LogP) is 1.80. The van der Waals surface area contributed by atoms with Crippen molar-refractivity contribution in [3.05, 3.63) is 106 Å². The maximum atomic E-state index is 14.9. The summed E-state index contributed by atoms with van der Waals surface area (Å²) in [7, 11) is 0. The highest BCUT2D eigenvalue weighted by Crippen LogP contribution is 2.60. The van der Waals surface area contributed by atoms with E-state index in [0.29, 0.717) is 30.5 Å². The van der Waals surface area contributed by atoms with E-state index in [1.165, 1.54) is 53.1 Å². The van der Waals surface area contributed by atoms with Gasteiger partial charge in [-0.2, -0.15) is 0 Å². The monoisotopic (exact) mass is 1640 g/mol. The summed E-state index contributed by atoms with van der Waals surface area (Å²) in [6.07, 6.45) is 0.446. The molecule has 5 aliphatic rings. The number of alkyl carbamates (subject to hydrolysis) is 1. The van der Waals surface area contributed by atoms with Crippen LogP contribution in [0.2, 0.25) is 0 Å². The van der Waals surface area contributed by atoms with E-state index >= 15 is 0 Å². The Morgan fingerprint density at radius 3 is 1.66 bits per heavy atom. The third-order valence-corrected chi connectivity index (χ3v) is 23.7. The quantitative estimate of drug-likeness (QED) is 0.0283. The molecule has 0 spiro atoms. The Kier molecular flexibility index (Phi) is 34.5. The summed E-state index contributed by atoms with van der Waals surface area (Å²) >= 11 is 0. The first-order valence-corrected chi connectivity index (χ1v) is 40.4. The number of nitrogens with two attached hydrogens (primary N) is 1. The van der Waals surface area contributed by atoms with E-state index < -0.39 is 163 Å². The molecule has 644 valence electrons. The standard InChI is InChI=1S/C83H119N11O23/c1-49(2)69(92-73(106)59(22-25-65(99)86-45-61(97)70(103)71(104)62(98)47-96)89-66(100)28-35-113-37-39-115-41-42-116-40-38-114-36-34-94-67(101)26-27-68(94)102)75(108)90-58(11-8-33-85-78(84)111)72(105)87-54-19-13-51(14-20-54)48-117-79(112)91-60(46-95)74(107)88-55-21-16-53-18-24-64-81(5,57(53)44-55)30-10-32-83(64,7)77(110)93-76(109)82(6)31-9-29-80(4)56-43-50(3)12-15-52(56)17-23-63(80)82/h12-16,19-21,26-27,43-44,49,58-64,69-71,95-98,103-104H,8-11,17-18,22-25,28-42,45-48H2,1-7H3,(H,86,99)(H,87,105)(H,88,107)(H,89,100)(H,90,108)(H,91,112)(H,92,106)(H3,84,85,111)(H,93,109,110)/t58-,59+,60-,61-,62+,63+,64+,69-,70+,71+,80+,81+,82-,83-/m0/s1. The number of hydrogen-bond acceptors (Lipinski definition) is 23. The molecule has 0 aromatic heterocycles. The zero-order chi connectivity index (χ0) is 85.4. The Morgan fingerprint density at radius 2 is 1.09 bits per heavy atom. The smallest absolute Gasteiger partial charge is 0.408 e. The Hall–Kier alpha value is -9.36. The van der Waals surface area contributed by atoms with Crippen molar-refractivity contribution >= 4 is 82.6 Å². The van der Waals surface area contributed by atoms with Crippen LogP contribution in [0.5, 0.6) is 0 Å². The summed E-state index contributed by atoms with van der Waals surface area (Å²) in [5.74, 6) is -6.73. The van der Waals surface area contributed by atoms with Gasteiger partial charge in [-0.15, -0.1) is 0 Å². The summed E-state index contributed by atoms with van der Waals surface area (Å²) in [5.41, 5.74) is 9.97. The van der Waals surface area contributed by atoms with Crippen molar-refractivity contribution in [3.8, 4) is 0 Å². The van der Waals surface area contributed by atoms with E-state index in [9.17, 15) is 83.1 Å². The van der Waals surface area contributed by atoms with Crippen molar-refractivity contribution in [2.24, 2.45) is 34.3 Å². The van der Waals surface area contributed by atoms with Gasteiger partial charge in [-0.3, -0.25) is 58.2 Å². The van der Waals surface area contributed by atoms with Crippen molar-refractivity contribution in [2.75, 3.05) is 96.3 Å². The number of rotatable bonds is 44. The normalized spacial score (nSPS) is 22.6. The van der Waals surface area contributed by atoms with Crippen molar-refractivity contribution in [1.29, 1.82) is 0 Å². The van der Waals surface area contributed by atoms with Crippen LogP contribution >= 0.6 is 0 Å². The number of benzene rings is 3. The third-order valence-electron chi connectivity index (χ3n) is 23.7. The van der Waals surface area contributed by atoms with Crippen molar-refractivity contribution in [3.63, 3.8) is 0 Å². The maximum Gasteiger partial charge on any atom is 0.408 e. The lowest BCUT2D eigenvalue weighted by atomic mass is 9.49. The zero-order valence-electron chi connectivity index (χ0n) is 67.9. The summed E-state index contributed by atoms with van der Waals surface area (Å²) in [6, 6.07) is 11.8. The number of carbonyl (C=O) groups is 12. The molecule has 1 heterocycles. The van der Waals surface area contributed by atoms with Crippen LogP contribution in [0, 0.1) is 35.5 Å². The first-order valence-electron chi connectivity index (χ1n) is 40.4. The van der Waals surface area contributed by atoms with Gasteiger partial charge in [0.2, 0.25) is 47.3 Å². The molecule has 2 fully saturated rings. The Morgan fingerprint density at radius 1 is 0.556 bits per heavy atom. The molecule has 8 rings (SSSR count). The van der Waals surface area contributed by atoms with E-state index in [4.69, 9.17) is 34.5 Å². The van der Waals surface area contributed by atoms with Crippen molar-refractivity contribution < 1.29 is 112 Å². The number of nitrogens with one attached hydrogen (secondary N) is 9. The Bertz CT molecular complexity index is 4000. The van der Waals surface area contributed by atoms with Crippen LogP contribution in [-0.2, 0) is 102 Å². The molecule has 2 saturated carbocycles. The highest BCUT2D eigenvalue weighted by Gasteiger charge is 2.59. The predicted molar refractivity (Wildman–Crippen MR) is 425 cm³/mol. The first kappa shape index (κ1) is 93.1. The van der Waals surface area contributed by atoms with Gasteiger partial charge in [0.1, 0.15) is 49.1 Å². The third kappa shape index (κ3) is 24.9. The average molecular weight is 1640 g/mol. The van der Waals surface area contributed by atoms with Gasteiger partial charge in [-0.05, 0) is 158 Å². The second-order valence-electron chi connectivity index (χ2n) is 32.4. The van der Waals surface area contributed by atoms with Crippen LogP contribution in [0.3, 0.4) is 0 Å². The van der Waals surface area contributed by atoms with Gasteiger partial charge >= 0.3 is 12.1 Å². The number of hydrogen-bond donors (Lipinski definition) is 16. The first-order chi connectivity index (χ1) is 55.6. The topological polar surface area (TPSA) is 510 Å². The van der Waals surface area contributed by atoms with Gasteiger partial charge in [0, 0.05) is 49.5 Å². The molecular weight excluding hydrogens is 1520 g/mol. The zero-order valence-corrected chi connectivity index (χ0v) is 67.9. The van der Waals surface area contributed by atoms with Gasteiger partial charge in [0.15, 0.2) is 0 Å². The molecule has 3 aromatic rings. The highest BCUT2D eigenvalue weighted by atomic mass is 16.6. The fraction of sp³-hybridized carbons (Fsp3) is 0.614. The van der Waals surface area contributed by atoms with E-state index in [0.717, 1.165) is 61.0 Å². The highest BCUT2D eigenvalue weighted by molar-refractivity contribution is 6.13. The molecule has 0 unspecified atom stereocenters. The molecule has 34 nitrogen and oxygen atoms in total. The number of carbonyl (C=O) groups excluding carboxylic acids is 12. The SMILES string of the molecule is Cc1ccc2c(c1)[C@@]1(C)CCC[C@](C)(C(=O)NC(=O)[C@@]3(C)CCC[C@]4(C)c5cc(NC(=O)[C@H](CO)NC(=O)OCc6ccc(NC(=O)[C@H](CCCNC(N)=O)NC(=O)[C@@H](NC(=O)[C@@H](CCC(=O)NC[C@H](O)[C@@H](O)[C@H](O)[C@H](O)CO)NC(=O)CCOCCOCCOCCOCCN7C(=O)C=CC7=O)C(C)C)cc6)ccc5CC[C@@H]34)[C@@H]1CC2. The Balaban J connectivity index is 0.816. The fourth-order valence-corrected chi connectivity index (χ4v) is 17.1. The number of aliphatic hydroxyl groups excluding tert-OH is 6. The minimum Gasteiger partial charge on any atom is -0.445 e. The van der Waals surface area contributed by atoms with Crippen LogP contribution in [0.1, 0.15) is 158 Å². The van der Waals surface area contributed by atoms with Gasteiger partial charge in [-0.1, -0.05) is 96.3 Å². The molecule has 117 heavy (non-hydrogen) atoms. The summed E-state index contributed by atoms with van der Waals surface area (Å²) in [5, 5.41) is 83.6. The summed E-state index contributed by atoms with van der Waals surface area (Å²) in [4.78, 5) is 162. The lowest BCUT2D eigenvalue weighted by molar-refractivity contribution is -0.150. The number of aryl methyl sites for hydroxylation is 3. The minimum atomic E-state index is -1.99. The van der Waals surface area contributed by atoms with Gasteiger partial charge in [-0.25, -0.2) is 9.59 Å². The fourth-order valence-electron chi connectivity index (χ4n) is 17.1. The number of aliphatic hydroxyl groups is 6. The number of urea groups is 1. The molecule has 13 amide bonds. The van der Waals surface area contributed by atoms with E-state index in [2.05, 4.69) is 93.7 Å². The Labute approximate surface area is 681 Å². The van der Waals surface area contributed by atoms with Crippen molar-refractivity contribution in [1.82, 2.24) is 42.1 Å². The van der Waals surface area contributed by atoms with Gasteiger partial charge in [0.05, 0.1) is 89.5 Å². The molecule has 0 saturated heterocycles. The average Bonchev–Trinajstić information content (AvgIpc) is 0.959. The summed E-state index contributed by atoms with van der Waals surface area (Å²) < 4.78 is 27.4. The van der Waals surface area contributed by atoms with Crippen molar-refractivity contribution in [2.45, 2.75) is 211 Å². The second-order valence-corrected chi connectivity index (χ2v) is 32.4. The molecule has 34 heteroatoms. The molecule has 0 radical (unpaired) electrons. The number of nitrogens with zero attached hydrogens (tertiary/aromatic N) is 1. The van der Waals surface area contributed by atoms with Crippen LogP contribution < -0.4 is 53.6 Å². The lowest BCUT2D eigenvalue weighted by Gasteiger charge is -2.56. The van der Waals surface area contributed by atoms with Crippen LogP contribution in [-0.4, -0.2) is 241 Å². The minimum absolute atomic E-state index is 0.00146. The van der Waals surface area contributed by atoms with E-state index in [1.54, 1.807) is 19.9 Å². The summed E-state index contributed by atoms with van der Waals surface area (Å²) in [6.45, 7) is 12.3. The van der Waals surface area contributed by atoms with Gasteiger partial charge < -0.3 is 103 Å². The second kappa shape index (κ2) is 43.4. The molecule has 17 N–H and O–H groups in total. The van der Waals surface area contributed by atoms with E-state index in [1.807, 2.05) is 19.1 Å². The molecular formula is C83H119N11O23. The number of amides is 13. The van der Waals surface area contributed by atoms with Crippen LogP contribution in [0.4, 0.5) is 21.0 Å². The number of anilines is 2. The molecule has 14 atom stereocenters. The molecule has 4 aliphatic carbocycles. The lowest BCUT2D eigenvalue weighted by Crippen LogP contribution is -2.60. The molecule has 0 bridgehead atoms. The number of ether oxygens (including phenoxy) is 5. The van der Waals surface area contributed by atoms with E-state index in [-0.39, 0.29) is 127 Å². The number of imide groups is 2. The number of primary amides is 1.